The molecule has 0 spiro atoms. The molecule has 1 aliphatic carbocycles. The number of anilines is 1. The maximum Gasteiger partial charge on any atom is 0.247 e. The van der Waals surface area contributed by atoms with E-state index in [4.69, 9.17) is 10.5 Å². The molecule has 0 amide bonds. The molecule has 0 radical (unpaired) electrons. The van der Waals surface area contributed by atoms with Gasteiger partial charge in [-0.05, 0) is 32.1 Å². The third kappa shape index (κ3) is 3.67. The summed E-state index contributed by atoms with van der Waals surface area (Å²) >= 11 is 0. The van der Waals surface area contributed by atoms with Gasteiger partial charge in [-0.15, -0.1) is 0 Å². The smallest absolute Gasteiger partial charge is 0.247 e. The number of aliphatic hydroxyl groups excluding tert-OH is 1. The van der Waals surface area contributed by atoms with Crippen LogP contribution < -0.4 is 10.5 Å². The highest BCUT2D eigenvalue weighted by Crippen LogP contribution is 2.27. The van der Waals surface area contributed by atoms with Gasteiger partial charge in [0.1, 0.15) is 6.10 Å². The average Bonchev–Trinajstić information content (AvgIpc) is 2.55. The Morgan fingerprint density at radius 3 is 2.78 bits per heavy atom. The number of nitrogen functional groups attached to an aromatic ring is 1. The van der Waals surface area contributed by atoms with Gasteiger partial charge in [-0.25, -0.2) is 9.97 Å². The average molecular weight is 317 g/mol. The largest absolute Gasteiger partial charge is 0.473 e. The maximum absolute atomic E-state index is 10.1. The van der Waals surface area contributed by atoms with E-state index in [2.05, 4.69) is 19.9 Å². The second kappa shape index (κ2) is 7.04. The van der Waals surface area contributed by atoms with Crippen LogP contribution in [0.15, 0.2) is 6.20 Å². The summed E-state index contributed by atoms with van der Waals surface area (Å²) in [5.74, 6) is 0.497. The van der Waals surface area contributed by atoms with Crippen LogP contribution in [-0.4, -0.2) is 31.1 Å². The van der Waals surface area contributed by atoms with Crippen LogP contribution in [0.3, 0.4) is 0 Å². The highest BCUT2D eigenvalue weighted by atomic mass is 16.5. The Bertz CT molecular complexity index is 673. The van der Waals surface area contributed by atoms with Gasteiger partial charge in [0.05, 0.1) is 18.0 Å². The van der Waals surface area contributed by atoms with Crippen LogP contribution in [0.5, 0.6) is 5.88 Å². The molecule has 0 saturated heterocycles. The van der Waals surface area contributed by atoms with Crippen LogP contribution in [0.2, 0.25) is 0 Å². The van der Waals surface area contributed by atoms with E-state index in [1.807, 2.05) is 6.92 Å². The molecular formula is C16H23N5O2. The van der Waals surface area contributed by atoms with E-state index in [-0.39, 0.29) is 12.1 Å². The molecule has 0 aromatic carbocycles. The monoisotopic (exact) mass is 317 g/mol. The molecule has 3 rings (SSSR count). The van der Waals surface area contributed by atoms with E-state index in [9.17, 15) is 5.11 Å². The van der Waals surface area contributed by atoms with Crippen molar-refractivity contribution in [3.8, 4) is 5.88 Å². The second-order valence-corrected chi connectivity index (χ2v) is 6.04. The first kappa shape index (κ1) is 15.9. The lowest BCUT2D eigenvalue weighted by Gasteiger charge is -2.22. The van der Waals surface area contributed by atoms with Gasteiger partial charge in [-0.3, -0.25) is 0 Å². The van der Waals surface area contributed by atoms with Gasteiger partial charge >= 0.3 is 0 Å². The normalized spacial score (nSPS) is 17.3. The van der Waals surface area contributed by atoms with Crippen molar-refractivity contribution in [3.63, 3.8) is 0 Å². The topological polar surface area (TPSA) is 107 Å². The van der Waals surface area contributed by atoms with E-state index in [1.54, 1.807) is 6.20 Å². The van der Waals surface area contributed by atoms with E-state index in [1.165, 1.54) is 6.42 Å². The predicted octanol–water partition coefficient (Wildman–Crippen LogP) is 2.55. The predicted molar refractivity (Wildman–Crippen MR) is 86.9 cm³/mol. The highest BCUT2D eigenvalue weighted by Gasteiger charge is 2.20. The van der Waals surface area contributed by atoms with Crippen molar-refractivity contribution in [2.45, 2.75) is 64.1 Å². The fourth-order valence-electron chi connectivity index (χ4n) is 2.92. The van der Waals surface area contributed by atoms with Crippen LogP contribution >= 0.6 is 0 Å². The summed E-state index contributed by atoms with van der Waals surface area (Å²) in [5.41, 5.74) is 7.14. The number of hydrogen-bond acceptors (Lipinski definition) is 7. The molecule has 1 aliphatic rings. The zero-order chi connectivity index (χ0) is 16.2. The van der Waals surface area contributed by atoms with Crippen molar-refractivity contribution in [2.24, 2.45) is 0 Å². The number of rotatable bonds is 5. The van der Waals surface area contributed by atoms with Gasteiger partial charge in [-0.1, -0.05) is 19.8 Å². The lowest BCUT2D eigenvalue weighted by molar-refractivity contribution is 0.150. The number of aliphatic hydroxyl groups is 1. The molecule has 1 fully saturated rings. The summed E-state index contributed by atoms with van der Waals surface area (Å²) in [6.07, 6.45) is 8.13. The van der Waals surface area contributed by atoms with Gasteiger partial charge in [-0.2, -0.15) is 9.97 Å². The molecule has 2 heterocycles. The van der Waals surface area contributed by atoms with Crippen molar-refractivity contribution < 1.29 is 9.84 Å². The Labute approximate surface area is 135 Å². The molecule has 1 atom stereocenters. The molecular weight excluding hydrogens is 294 g/mol. The second-order valence-electron chi connectivity index (χ2n) is 6.04. The van der Waals surface area contributed by atoms with E-state index in [0.717, 1.165) is 32.1 Å². The number of nitrogens with zero attached hydrogens (tertiary/aromatic N) is 4. The Kier molecular flexibility index (Phi) is 4.85. The van der Waals surface area contributed by atoms with Crippen LogP contribution in [0.1, 0.15) is 63.7 Å². The molecule has 0 bridgehead atoms. The molecule has 7 heteroatoms. The van der Waals surface area contributed by atoms with Gasteiger partial charge < -0.3 is 15.6 Å². The van der Waals surface area contributed by atoms with Crippen molar-refractivity contribution in [2.75, 3.05) is 5.73 Å². The summed E-state index contributed by atoms with van der Waals surface area (Å²) in [6.45, 7) is 2.01. The van der Waals surface area contributed by atoms with Crippen LogP contribution in [0.25, 0.3) is 11.2 Å². The van der Waals surface area contributed by atoms with Gasteiger partial charge in [0.2, 0.25) is 11.8 Å². The molecule has 3 N–H and O–H groups in total. The summed E-state index contributed by atoms with van der Waals surface area (Å²) in [4.78, 5) is 17.1. The molecule has 124 valence electrons. The number of hydrogen-bond donors (Lipinski definition) is 2. The number of nitrogens with two attached hydrogens (primary N) is 1. The van der Waals surface area contributed by atoms with Crippen molar-refractivity contribution in [3.05, 3.63) is 11.9 Å². The third-order valence-electron chi connectivity index (χ3n) is 4.14. The summed E-state index contributed by atoms with van der Waals surface area (Å²) < 4.78 is 6.03. The zero-order valence-corrected chi connectivity index (χ0v) is 13.4. The summed E-state index contributed by atoms with van der Waals surface area (Å²) in [7, 11) is 0. The van der Waals surface area contributed by atoms with E-state index < -0.39 is 6.10 Å². The van der Waals surface area contributed by atoms with Crippen LogP contribution in [-0.2, 0) is 0 Å². The first-order valence-electron chi connectivity index (χ1n) is 8.32. The maximum atomic E-state index is 10.1. The van der Waals surface area contributed by atoms with Crippen LogP contribution in [0.4, 0.5) is 5.95 Å². The lowest BCUT2D eigenvalue weighted by Crippen LogP contribution is -2.21. The molecule has 2 aromatic heterocycles. The van der Waals surface area contributed by atoms with Crippen molar-refractivity contribution in [1.29, 1.82) is 0 Å². The summed E-state index contributed by atoms with van der Waals surface area (Å²) in [6, 6.07) is 0. The number of ether oxygens (including phenoxy) is 1. The van der Waals surface area contributed by atoms with Gasteiger partial charge in [0.25, 0.3) is 0 Å². The highest BCUT2D eigenvalue weighted by molar-refractivity contribution is 5.76. The fourth-order valence-corrected chi connectivity index (χ4v) is 2.92. The SMILES string of the molecule is CCCC(O)c1cnc2nc(N)nc(OC3CCCCC3)c2n1. The van der Waals surface area contributed by atoms with E-state index >= 15 is 0 Å². The molecule has 0 aliphatic heterocycles. The van der Waals surface area contributed by atoms with E-state index in [0.29, 0.717) is 29.2 Å². The summed E-state index contributed by atoms with van der Waals surface area (Å²) in [5, 5.41) is 10.1. The fraction of sp³-hybridized carbons (Fsp3) is 0.625. The molecule has 23 heavy (non-hydrogen) atoms. The van der Waals surface area contributed by atoms with Gasteiger partial charge in [0, 0.05) is 0 Å². The molecule has 7 nitrogen and oxygen atoms in total. The van der Waals surface area contributed by atoms with Crippen molar-refractivity contribution >= 4 is 17.1 Å². The molecule has 1 saturated carbocycles. The standard InChI is InChI=1S/C16H23N5O2/c1-2-6-12(22)11-9-18-14-13(19-11)15(21-16(17)20-14)23-10-7-4-3-5-8-10/h9-10,12,22H,2-8H2,1H3,(H2,17,18,20,21). The quantitative estimate of drug-likeness (QED) is 0.872. The Balaban J connectivity index is 1.95. The Hall–Kier alpha value is -2.02. The minimum atomic E-state index is -0.642. The third-order valence-corrected chi connectivity index (χ3v) is 4.14. The minimum absolute atomic E-state index is 0.125. The Morgan fingerprint density at radius 2 is 2.04 bits per heavy atom. The molecule has 1 unspecified atom stereocenters. The number of fused-ring (bicyclic) bond motifs is 1. The number of aromatic nitrogens is 4. The zero-order valence-electron chi connectivity index (χ0n) is 13.4. The lowest BCUT2D eigenvalue weighted by atomic mass is 9.98. The van der Waals surface area contributed by atoms with Crippen molar-refractivity contribution in [1.82, 2.24) is 19.9 Å². The molecule has 2 aromatic rings. The first-order chi connectivity index (χ1) is 11.2. The van der Waals surface area contributed by atoms with Gasteiger partial charge in [0.15, 0.2) is 11.2 Å². The van der Waals surface area contributed by atoms with Crippen LogP contribution in [0, 0.1) is 0 Å². The minimum Gasteiger partial charge on any atom is -0.473 e. The first-order valence-corrected chi connectivity index (χ1v) is 8.32. The Morgan fingerprint density at radius 1 is 1.26 bits per heavy atom.